The van der Waals surface area contributed by atoms with E-state index in [1.807, 2.05) is 0 Å². The first-order valence-corrected chi connectivity index (χ1v) is 7.51. The van der Waals surface area contributed by atoms with E-state index in [0.717, 1.165) is 19.6 Å². The maximum Gasteiger partial charge on any atom is 0.0537 e. The molecule has 1 heteroatoms. The third-order valence-electron chi connectivity index (χ3n) is 4.90. The fourth-order valence-corrected chi connectivity index (χ4v) is 4.14. The summed E-state index contributed by atoms with van der Waals surface area (Å²) in [6.45, 7) is 1.84. The highest BCUT2D eigenvalue weighted by Crippen LogP contribution is 2.40. The summed E-state index contributed by atoms with van der Waals surface area (Å²) < 4.78 is 5.72. The molecule has 1 aliphatic heterocycles. The van der Waals surface area contributed by atoms with E-state index in [4.69, 9.17) is 4.74 Å². The number of rotatable bonds is 1. The number of fused-ring (bicyclic) bond motifs is 2. The van der Waals surface area contributed by atoms with Crippen LogP contribution in [0.1, 0.15) is 53.0 Å². The van der Waals surface area contributed by atoms with Crippen molar-refractivity contribution in [3.05, 3.63) is 40.3 Å². The molecular formula is C17H21O. The van der Waals surface area contributed by atoms with Crippen molar-refractivity contribution in [2.45, 2.75) is 50.9 Å². The molecule has 0 saturated carbocycles. The summed E-state index contributed by atoms with van der Waals surface area (Å²) in [4.78, 5) is 0. The Morgan fingerprint density at radius 3 is 2.28 bits per heavy atom. The Bertz CT molecular complexity index is 437. The highest BCUT2D eigenvalue weighted by atomic mass is 16.5. The van der Waals surface area contributed by atoms with Crippen molar-refractivity contribution in [2.24, 2.45) is 0 Å². The number of aryl methyl sites for hydroxylation is 2. The van der Waals surface area contributed by atoms with Gasteiger partial charge in [-0.3, -0.25) is 0 Å². The van der Waals surface area contributed by atoms with Crippen molar-refractivity contribution in [3.63, 3.8) is 0 Å². The van der Waals surface area contributed by atoms with Gasteiger partial charge in [-0.1, -0.05) is 6.07 Å². The lowest BCUT2D eigenvalue weighted by Crippen LogP contribution is -2.19. The summed E-state index contributed by atoms with van der Waals surface area (Å²) in [6.07, 6.45) is 11.6. The van der Waals surface area contributed by atoms with Crippen molar-refractivity contribution in [1.82, 2.24) is 0 Å². The van der Waals surface area contributed by atoms with E-state index in [1.54, 1.807) is 27.8 Å². The van der Waals surface area contributed by atoms with E-state index >= 15 is 0 Å². The lowest BCUT2D eigenvalue weighted by Gasteiger charge is -2.27. The second-order valence-corrected chi connectivity index (χ2v) is 5.98. The quantitative estimate of drug-likeness (QED) is 0.732. The molecule has 1 heterocycles. The predicted octanol–water partition coefficient (Wildman–Crippen LogP) is 3.37. The lowest BCUT2D eigenvalue weighted by molar-refractivity contribution is 0.103. The third kappa shape index (κ3) is 1.64. The van der Waals surface area contributed by atoms with E-state index in [0.29, 0.717) is 5.92 Å². The first-order valence-electron chi connectivity index (χ1n) is 7.51. The van der Waals surface area contributed by atoms with Gasteiger partial charge in [-0.2, -0.15) is 0 Å². The van der Waals surface area contributed by atoms with Gasteiger partial charge in [-0.05, 0) is 79.2 Å². The highest BCUT2D eigenvalue weighted by molar-refractivity contribution is 5.52. The van der Waals surface area contributed by atoms with Gasteiger partial charge in [-0.25, -0.2) is 0 Å². The van der Waals surface area contributed by atoms with E-state index in [1.165, 1.54) is 38.5 Å². The first-order chi connectivity index (χ1) is 8.93. The Balaban J connectivity index is 1.84. The van der Waals surface area contributed by atoms with Crippen molar-refractivity contribution in [2.75, 3.05) is 13.2 Å². The lowest BCUT2D eigenvalue weighted by atomic mass is 9.83. The predicted molar refractivity (Wildman–Crippen MR) is 73.0 cm³/mol. The van der Waals surface area contributed by atoms with Gasteiger partial charge in [0, 0.05) is 12.5 Å². The van der Waals surface area contributed by atoms with Gasteiger partial charge >= 0.3 is 0 Å². The Kier molecular flexibility index (Phi) is 2.69. The molecule has 1 radical (unpaired) electrons. The van der Waals surface area contributed by atoms with E-state index in [9.17, 15) is 0 Å². The van der Waals surface area contributed by atoms with Crippen molar-refractivity contribution < 1.29 is 4.74 Å². The summed E-state index contributed by atoms with van der Waals surface area (Å²) >= 11 is 0. The Morgan fingerprint density at radius 1 is 0.944 bits per heavy atom. The monoisotopic (exact) mass is 241 g/mol. The summed E-state index contributed by atoms with van der Waals surface area (Å²) in [6, 6.07) is 2.53. The van der Waals surface area contributed by atoms with Crippen molar-refractivity contribution in [3.8, 4) is 0 Å². The minimum atomic E-state index is 0.582. The van der Waals surface area contributed by atoms with Crippen LogP contribution >= 0.6 is 0 Å². The molecular weight excluding hydrogens is 220 g/mol. The van der Waals surface area contributed by atoms with Crippen LogP contribution in [0.3, 0.4) is 0 Å². The molecule has 0 amide bonds. The van der Waals surface area contributed by atoms with E-state index in [-0.39, 0.29) is 0 Å². The molecule has 2 aliphatic carbocycles. The summed E-state index contributed by atoms with van der Waals surface area (Å²) in [5, 5.41) is 0. The van der Waals surface area contributed by atoms with Crippen LogP contribution in [0.15, 0.2) is 6.07 Å². The van der Waals surface area contributed by atoms with Crippen molar-refractivity contribution >= 4 is 0 Å². The number of benzene rings is 1. The zero-order chi connectivity index (χ0) is 11.9. The van der Waals surface area contributed by atoms with Gasteiger partial charge < -0.3 is 4.74 Å². The van der Waals surface area contributed by atoms with Gasteiger partial charge in [0.25, 0.3) is 0 Å². The van der Waals surface area contributed by atoms with Crippen LogP contribution in [0.2, 0.25) is 0 Å². The Morgan fingerprint density at radius 2 is 1.67 bits per heavy atom. The molecule has 0 spiro atoms. The standard InChI is InChI=1S/C17H21O/c1-4-12-10-13-5-2-8-16(13)17(15(12)7-1)14-6-3-9-18-11-14/h6,10,14H,1-5,7-9,11H2. The topological polar surface area (TPSA) is 9.23 Å². The number of hydrogen-bond acceptors (Lipinski definition) is 1. The molecule has 1 fully saturated rings. The normalized spacial score (nSPS) is 26.1. The van der Waals surface area contributed by atoms with Gasteiger partial charge in [-0.15, -0.1) is 0 Å². The van der Waals surface area contributed by atoms with Gasteiger partial charge in [0.2, 0.25) is 0 Å². The van der Waals surface area contributed by atoms with Gasteiger partial charge in [0.05, 0.1) is 6.61 Å². The molecule has 4 rings (SSSR count). The summed E-state index contributed by atoms with van der Waals surface area (Å²) in [7, 11) is 0. The maximum atomic E-state index is 5.72. The average molecular weight is 241 g/mol. The Labute approximate surface area is 110 Å². The fourth-order valence-electron chi connectivity index (χ4n) is 4.14. The fraction of sp³-hybridized carbons (Fsp3) is 0.588. The molecule has 3 aliphatic rings. The third-order valence-corrected chi connectivity index (χ3v) is 4.90. The van der Waals surface area contributed by atoms with Crippen LogP contribution < -0.4 is 0 Å². The molecule has 0 aromatic heterocycles. The largest absolute Gasteiger partial charge is 0.381 e. The zero-order valence-electron chi connectivity index (χ0n) is 11.0. The van der Waals surface area contributed by atoms with Crippen molar-refractivity contribution in [1.29, 1.82) is 0 Å². The molecule has 1 atom stereocenters. The number of ether oxygens (including phenoxy) is 1. The van der Waals surface area contributed by atoms with E-state index < -0.39 is 0 Å². The van der Waals surface area contributed by atoms with Gasteiger partial charge in [0.15, 0.2) is 0 Å². The smallest absolute Gasteiger partial charge is 0.0537 e. The molecule has 0 bridgehead atoms. The Hall–Kier alpha value is -0.820. The second kappa shape index (κ2) is 4.38. The number of hydrogen-bond donors (Lipinski definition) is 0. The zero-order valence-corrected chi connectivity index (χ0v) is 11.0. The summed E-state index contributed by atoms with van der Waals surface area (Å²) in [5.74, 6) is 0.582. The second-order valence-electron chi connectivity index (χ2n) is 5.98. The van der Waals surface area contributed by atoms with Crippen LogP contribution in [0.4, 0.5) is 0 Å². The molecule has 0 N–H and O–H groups in total. The molecule has 1 aromatic rings. The van der Waals surface area contributed by atoms with Crippen LogP contribution in [-0.4, -0.2) is 13.2 Å². The maximum absolute atomic E-state index is 5.72. The SMILES string of the molecule is [CH]1CCOCC1c1c2c(cc3c1CCC3)CCC2. The van der Waals surface area contributed by atoms with Crippen LogP contribution in [0.5, 0.6) is 0 Å². The van der Waals surface area contributed by atoms with Crippen LogP contribution in [0.25, 0.3) is 0 Å². The van der Waals surface area contributed by atoms with Crippen LogP contribution in [0, 0.1) is 6.42 Å². The molecule has 18 heavy (non-hydrogen) atoms. The summed E-state index contributed by atoms with van der Waals surface area (Å²) in [5.41, 5.74) is 8.40. The van der Waals surface area contributed by atoms with Gasteiger partial charge in [0.1, 0.15) is 0 Å². The minimum Gasteiger partial charge on any atom is -0.381 e. The van der Waals surface area contributed by atoms with E-state index in [2.05, 4.69) is 12.5 Å². The molecule has 1 unspecified atom stereocenters. The highest BCUT2D eigenvalue weighted by Gasteiger charge is 2.29. The molecule has 1 saturated heterocycles. The van der Waals surface area contributed by atoms with Crippen LogP contribution in [-0.2, 0) is 30.4 Å². The minimum absolute atomic E-state index is 0.582. The molecule has 1 nitrogen and oxygen atoms in total. The molecule has 1 aromatic carbocycles. The average Bonchev–Trinajstić information content (AvgIpc) is 3.04. The first kappa shape index (κ1) is 11.0. The molecule has 95 valence electrons.